The number of aromatic nitrogens is 3. The molecule has 1 fully saturated rings. The lowest BCUT2D eigenvalue weighted by Crippen LogP contribution is -2.41. The van der Waals surface area contributed by atoms with Crippen LogP contribution in [0, 0.1) is 6.92 Å². The first-order valence-electron chi connectivity index (χ1n) is 8.52. The Kier molecular flexibility index (Phi) is 4.09. The van der Waals surface area contributed by atoms with Gasteiger partial charge in [-0.05, 0) is 30.5 Å². The fourth-order valence-corrected chi connectivity index (χ4v) is 3.21. The molecule has 0 bridgehead atoms. The van der Waals surface area contributed by atoms with Crippen LogP contribution in [0.5, 0.6) is 5.88 Å². The zero-order valence-corrected chi connectivity index (χ0v) is 14.1. The fourth-order valence-electron chi connectivity index (χ4n) is 3.21. The van der Waals surface area contributed by atoms with Crippen LogP contribution in [0.15, 0.2) is 42.7 Å². The van der Waals surface area contributed by atoms with Gasteiger partial charge in [0, 0.05) is 55.5 Å². The zero-order chi connectivity index (χ0) is 17.2. The van der Waals surface area contributed by atoms with E-state index in [0.29, 0.717) is 24.8 Å². The second kappa shape index (κ2) is 6.55. The third-order valence-electron chi connectivity index (χ3n) is 4.57. The molecule has 6 nitrogen and oxygen atoms in total. The van der Waals surface area contributed by atoms with Crippen molar-refractivity contribution in [3.63, 3.8) is 0 Å². The van der Waals surface area contributed by atoms with Crippen LogP contribution < -0.4 is 4.74 Å². The van der Waals surface area contributed by atoms with Crippen molar-refractivity contribution in [2.75, 3.05) is 13.1 Å². The molecule has 1 N–H and O–H groups in total. The van der Waals surface area contributed by atoms with Crippen LogP contribution in [0.1, 0.15) is 29.0 Å². The number of carbonyl (C=O) groups is 1. The topological polar surface area (TPSA) is 71.1 Å². The highest BCUT2D eigenvalue weighted by atomic mass is 16.5. The summed E-state index contributed by atoms with van der Waals surface area (Å²) in [6.07, 6.45) is 5.28. The summed E-state index contributed by atoms with van der Waals surface area (Å²) in [6, 6.07) is 9.57. The van der Waals surface area contributed by atoms with Gasteiger partial charge in [0.25, 0.3) is 5.91 Å². The van der Waals surface area contributed by atoms with Crippen LogP contribution in [0.2, 0.25) is 0 Å². The summed E-state index contributed by atoms with van der Waals surface area (Å²) in [5.41, 5.74) is 1.71. The molecule has 0 unspecified atom stereocenters. The summed E-state index contributed by atoms with van der Waals surface area (Å²) in [4.78, 5) is 26.1. The number of rotatable bonds is 3. The molecule has 3 aromatic rings. The number of nitrogens with zero attached hydrogens (tertiary/aromatic N) is 3. The Balaban J connectivity index is 1.38. The number of carbonyl (C=O) groups excluding carboxylic acids is 1. The van der Waals surface area contributed by atoms with Crippen molar-refractivity contribution >= 4 is 16.8 Å². The van der Waals surface area contributed by atoms with Crippen molar-refractivity contribution in [1.82, 2.24) is 19.9 Å². The lowest BCUT2D eigenvalue weighted by atomic mass is 10.1. The summed E-state index contributed by atoms with van der Waals surface area (Å²) in [6.45, 7) is 3.22. The molecule has 1 aromatic carbocycles. The minimum atomic E-state index is 0.0767. The van der Waals surface area contributed by atoms with Crippen LogP contribution in [0.25, 0.3) is 10.9 Å². The molecule has 6 heteroatoms. The molecule has 2 aromatic heterocycles. The summed E-state index contributed by atoms with van der Waals surface area (Å²) in [5, 5.41) is 1.11. The zero-order valence-electron chi connectivity index (χ0n) is 14.1. The predicted molar refractivity (Wildman–Crippen MR) is 94.6 cm³/mol. The van der Waals surface area contributed by atoms with Gasteiger partial charge in [-0.25, -0.2) is 4.98 Å². The van der Waals surface area contributed by atoms with Crippen molar-refractivity contribution in [2.24, 2.45) is 0 Å². The van der Waals surface area contributed by atoms with Gasteiger partial charge in [-0.15, -0.1) is 0 Å². The normalized spacial score (nSPS) is 15.5. The Morgan fingerprint density at radius 1 is 1.24 bits per heavy atom. The molecule has 3 heterocycles. The third kappa shape index (κ3) is 3.33. The molecule has 128 valence electrons. The van der Waals surface area contributed by atoms with Crippen molar-refractivity contribution in [3.05, 3.63) is 54.1 Å². The average Bonchev–Trinajstić information content (AvgIpc) is 3.09. The maximum atomic E-state index is 12.7. The van der Waals surface area contributed by atoms with Crippen molar-refractivity contribution < 1.29 is 9.53 Å². The number of fused-ring (bicyclic) bond motifs is 1. The predicted octanol–water partition coefficient (Wildman–Crippen LogP) is 2.95. The Morgan fingerprint density at radius 3 is 2.88 bits per heavy atom. The van der Waals surface area contributed by atoms with E-state index >= 15 is 0 Å². The molecule has 1 aliphatic rings. The fraction of sp³-hybridized carbons (Fsp3) is 0.316. The molecular weight excluding hydrogens is 316 g/mol. The molecule has 4 rings (SSSR count). The van der Waals surface area contributed by atoms with E-state index in [4.69, 9.17) is 4.74 Å². The molecule has 0 spiro atoms. The Hall–Kier alpha value is -2.89. The summed E-state index contributed by atoms with van der Waals surface area (Å²) < 4.78 is 5.92. The number of nitrogens with one attached hydrogen (secondary N) is 1. The number of H-pyrrole nitrogens is 1. The van der Waals surface area contributed by atoms with Gasteiger partial charge in [0.15, 0.2) is 0 Å². The van der Waals surface area contributed by atoms with E-state index in [2.05, 4.69) is 15.0 Å². The Morgan fingerprint density at radius 2 is 2.08 bits per heavy atom. The molecule has 1 saturated heterocycles. The first-order valence-corrected chi connectivity index (χ1v) is 8.52. The third-order valence-corrected chi connectivity index (χ3v) is 4.57. The van der Waals surface area contributed by atoms with Crippen LogP contribution in [-0.2, 0) is 0 Å². The van der Waals surface area contributed by atoms with E-state index < -0.39 is 0 Å². The first kappa shape index (κ1) is 15.6. The van der Waals surface area contributed by atoms with Crippen LogP contribution >= 0.6 is 0 Å². The van der Waals surface area contributed by atoms with Crippen LogP contribution in [0.4, 0.5) is 0 Å². The van der Waals surface area contributed by atoms with Gasteiger partial charge in [0.2, 0.25) is 5.88 Å². The molecule has 0 atom stereocenters. The molecule has 0 aliphatic carbocycles. The summed E-state index contributed by atoms with van der Waals surface area (Å²) in [7, 11) is 0. The number of hydrogen-bond donors (Lipinski definition) is 1. The van der Waals surface area contributed by atoms with E-state index in [1.807, 2.05) is 42.3 Å². The molecule has 0 radical (unpaired) electrons. The average molecular weight is 336 g/mol. The van der Waals surface area contributed by atoms with Gasteiger partial charge >= 0.3 is 0 Å². The highest BCUT2D eigenvalue weighted by Crippen LogP contribution is 2.20. The quantitative estimate of drug-likeness (QED) is 0.798. The number of likely N-dealkylation sites (tertiary alicyclic amines) is 1. The SMILES string of the molecule is Cc1nccc(OC2CCN(C(=O)c3ccc4cc[nH]c4c3)CC2)n1. The number of hydrogen-bond acceptors (Lipinski definition) is 4. The highest BCUT2D eigenvalue weighted by Gasteiger charge is 2.25. The summed E-state index contributed by atoms with van der Waals surface area (Å²) in [5.74, 6) is 1.38. The van der Waals surface area contributed by atoms with Crippen LogP contribution in [0.3, 0.4) is 0 Å². The number of aryl methyl sites for hydroxylation is 1. The second-order valence-electron chi connectivity index (χ2n) is 6.33. The minimum absolute atomic E-state index is 0.0767. The van der Waals surface area contributed by atoms with Gasteiger partial charge < -0.3 is 14.6 Å². The van der Waals surface area contributed by atoms with Crippen LogP contribution in [-0.4, -0.2) is 45.0 Å². The Bertz CT molecular complexity index is 897. The minimum Gasteiger partial charge on any atom is -0.474 e. The van der Waals surface area contributed by atoms with Gasteiger partial charge in [0.05, 0.1) is 0 Å². The maximum Gasteiger partial charge on any atom is 0.253 e. The smallest absolute Gasteiger partial charge is 0.253 e. The standard InChI is InChI=1S/C19H20N4O2/c1-13-20-9-5-18(22-13)25-16-6-10-23(11-7-16)19(24)15-3-2-14-4-8-21-17(14)12-15/h2-5,8-9,12,16,21H,6-7,10-11H2,1H3. The Labute approximate surface area is 145 Å². The molecule has 25 heavy (non-hydrogen) atoms. The highest BCUT2D eigenvalue weighted by molar-refractivity contribution is 5.98. The van der Waals surface area contributed by atoms with Gasteiger partial charge in [-0.3, -0.25) is 4.79 Å². The lowest BCUT2D eigenvalue weighted by Gasteiger charge is -2.32. The molecule has 1 aliphatic heterocycles. The van der Waals surface area contributed by atoms with Gasteiger partial charge in [-0.2, -0.15) is 4.98 Å². The number of benzene rings is 1. The van der Waals surface area contributed by atoms with Crippen molar-refractivity contribution in [3.8, 4) is 5.88 Å². The van der Waals surface area contributed by atoms with E-state index in [1.54, 1.807) is 12.3 Å². The molecule has 1 amide bonds. The van der Waals surface area contributed by atoms with E-state index in [0.717, 1.165) is 29.3 Å². The summed E-state index contributed by atoms with van der Waals surface area (Å²) >= 11 is 0. The maximum absolute atomic E-state index is 12.7. The second-order valence-corrected chi connectivity index (χ2v) is 6.33. The number of amides is 1. The van der Waals surface area contributed by atoms with Gasteiger partial charge in [-0.1, -0.05) is 6.07 Å². The first-order chi connectivity index (χ1) is 12.2. The van der Waals surface area contributed by atoms with E-state index in [9.17, 15) is 4.79 Å². The largest absolute Gasteiger partial charge is 0.474 e. The van der Waals surface area contributed by atoms with Crippen molar-refractivity contribution in [2.45, 2.75) is 25.9 Å². The number of aromatic amines is 1. The number of ether oxygens (including phenoxy) is 1. The van der Waals surface area contributed by atoms with Gasteiger partial charge in [0.1, 0.15) is 11.9 Å². The van der Waals surface area contributed by atoms with Crippen molar-refractivity contribution in [1.29, 1.82) is 0 Å². The van der Waals surface area contributed by atoms with E-state index in [1.165, 1.54) is 0 Å². The number of piperidine rings is 1. The molecule has 0 saturated carbocycles. The monoisotopic (exact) mass is 336 g/mol. The molecular formula is C19H20N4O2. The lowest BCUT2D eigenvalue weighted by molar-refractivity contribution is 0.0587. The van der Waals surface area contributed by atoms with E-state index in [-0.39, 0.29) is 12.0 Å².